The third-order valence-corrected chi connectivity index (χ3v) is 3.87. The molecule has 0 spiro atoms. The van der Waals surface area contributed by atoms with E-state index >= 15 is 0 Å². The molecule has 1 amide bonds. The third-order valence-electron chi connectivity index (χ3n) is 2.68. The number of hydrogen-bond donors (Lipinski definition) is 2. The maximum atomic E-state index is 11.6. The summed E-state index contributed by atoms with van der Waals surface area (Å²) in [6, 6.07) is -0.378. The van der Waals surface area contributed by atoms with E-state index in [2.05, 4.69) is 29.5 Å². The van der Waals surface area contributed by atoms with E-state index < -0.39 is 0 Å². The van der Waals surface area contributed by atoms with Crippen molar-refractivity contribution in [3.8, 4) is 0 Å². The number of rotatable bonds is 7. The van der Waals surface area contributed by atoms with E-state index in [4.69, 9.17) is 5.73 Å². The Morgan fingerprint density at radius 1 is 1.53 bits per heavy atom. The van der Waals surface area contributed by atoms with Gasteiger partial charge in [0.05, 0.1) is 16.7 Å². The Kier molecular flexibility index (Phi) is 8.97. The van der Waals surface area contributed by atoms with Gasteiger partial charge in [0.2, 0.25) is 5.91 Å². The van der Waals surface area contributed by atoms with Gasteiger partial charge in [0, 0.05) is 24.3 Å². The van der Waals surface area contributed by atoms with Gasteiger partial charge in [-0.05, 0) is 6.42 Å². The molecular weight excluding hydrogens is 282 g/mol. The topological polar surface area (TPSA) is 68.0 Å². The lowest BCUT2D eigenvalue weighted by molar-refractivity contribution is -0.122. The monoisotopic (exact) mass is 305 g/mol. The van der Waals surface area contributed by atoms with E-state index in [1.54, 1.807) is 11.3 Å². The first-order valence-corrected chi connectivity index (χ1v) is 7.40. The number of thiazole rings is 1. The summed E-state index contributed by atoms with van der Waals surface area (Å²) in [4.78, 5) is 16.1. The van der Waals surface area contributed by atoms with Gasteiger partial charge in [0.25, 0.3) is 0 Å². The van der Waals surface area contributed by atoms with Gasteiger partial charge < -0.3 is 11.1 Å². The largest absolute Gasteiger partial charge is 0.354 e. The lowest BCUT2D eigenvalue weighted by atomic mass is 10.1. The predicted molar refractivity (Wildman–Crippen MR) is 83.0 cm³/mol. The predicted octanol–water partition coefficient (Wildman–Crippen LogP) is 2.47. The fraction of sp³-hybridized carbons (Fsp3) is 0.692. The Morgan fingerprint density at radius 2 is 2.21 bits per heavy atom. The number of carbonyl (C=O) groups excluding carboxylic acids is 1. The molecule has 1 atom stereocenters. The van der Waals surface area contributed by atoms with E-state index in [-0.39, 0.29) is 24.4 Å². The molecule has 0 aliphatic heterocycles. The number of amides is 1. The summed E-state index contributed by atoms with van der Waals surface area (Å²) in [6.45, 7) is 6.90. The maximum absolute atomic E-state index is 11.6. The Balaban J connectivity index is 0.00000324. The lowest BCUT2D eigenvalue weighted by Gasteiger charge is -2.10. The Hall–Kier alpha value is -0.650. The number of carbonyl (C=O) groups is 1. The molecule has 1 unspecified atom stereocenters. The molecule has 0 saturated heterocycles. The minimum Gasteiger partial charge on any atom is -0.354 e. The fourth-order valence-electron chi connectivity index (χ4n) is 1.59. The van der Waals surface area contributed by atoms with Crippen LogP contribution >= 0.6 is 23.7 Å². The van der Waals surface area contributed by atoms with E-state index in [9.17, 15) is 4.79 Å². The highest BCUT2D eigenvalue weighted by atomic mass is 35.5. The van der Waals surface area contributed by atoms with Crippen LogP contribution in [0.1, 0.15) is 50.2 Å². The van der Waals surface area contributed by atoms with Gasteiger partial charge in [-0.2, -0.15) is 0 Å². The molecule has 6 heteroatoms. The average Bonchev–Trinajstić information content (AvgIpc) is 2.78. The van der Waals surface area contributed by atoms with Gasteiger partial charge in [-0.15, -0.1) is 23.7 Å². The summed E-state index contributed by atoms with van der Waals surface area (Å²) >= 11 is 1.68. The average molecular weight is 306 g/mol. The van der Waals surface area contributed by atoms with Gasteiger partial charge in [0.1, 0.15) is 0 Å². The first-order chi connectivity index (χ1) is 8.54. The number of nitrogens with zero attached hydrogens (tertiary/aromatic N) is 1. The molecule has 0 saturated carbocycles. The van der Waals surface area contributed by atoms with E-state index in [0.29, 0.717) is 12.5 Å². The number of aromatic nitrogens is 1. The van der Waals surface area contributed by atoms with Crippen molar-refractivity contribution in [3.63, 3.8) is 0 Å². The molecule has 0 aliphatic carbocycles. The molecule has 0 aliphatic rings. The maximum Gasteiger partial charge on any atom is 0.236 e. The summed E-state index contributed by atoms with van der Waals surface area (Å²) in [6.07, 6.45) is 2.44. The zero-order valence-electron chi connectivity index (χ0n) is 11.8. The summed E-state index contributed by atoms with van der Waals surface area (Å²) in [5, 5.41) is 6.07. The zero-order valence-corrected chi connectivity index (χ0v) is 13.4. The van der Waals surface area contributed by atoms with Gasteiger partial charge >= 0.3 is 0 Å². The van der Waals surface area contributed by atoms with Crippen LogP contribution in [0, 0.1) is 0 Å². The van der Waals surface area contributed by atoms with Gasteiger partial charge in [-0.3, -0.25) is 4.79 Å². The van der Waals surface area contributed by atoms with Crippen LogP contribution in [0.15, 0.2) is 5.38 Å². The highest BCUT2D eigenvalue weighted by molar-refractivity contribution is 7.09. The Morgan fingerprint density at radius 3 is 2.74 bits per heavy atom. The Bertz CT molecular complexity index is 382. The van der Waals surface area contributed by atoms with Gasteiger partial charge in [-0.25, -0.2) is 4.98 Å². The number of halogens is 1. The van der Waals surface area contributed by atoms with Crippen LogP contribution in [0.3, 0.4) is 0 Å². The summed E-state index contributed by atoms with van der Waals surface area (Å²) in [5.41, 5.74) is 6.77. The smallest absolute Gasteiger partial charge is 0.236 e. The summed E-state index contributed by atoms with van der Waals surface area (Å²) in [5.74, 6) is 0.410. The minimum absolute atomic E-state index is 0. The standard InChI is InChI=1S/C13H23N3OS.ClH/c1-4-5-11(14)12(17)15-7-6-10-8-18-13(16-10)9(2)3;/h8-9,11H,4-7,14H2,1-3H3,(H,15,17);1H. The van der Waals surface area contributed by atoms with E-state index in [1.165, 1.54) is 0 Å². The quantitative estimate of drug-likeness (QED) is 0.813. The number of nitrogens with two attached hydrogens (primary N) is 1. The minimum atomic E-state index is -0.378. The van der Waals surface area contributed by atoms with Crippen LogP contribution in [0.25, 0.3) is 0 Å². The number of nitrogens with one attached hydrogen (secondary N) is 1. The molecule has 1 aromatic heterocycles. The molecule has 1 rings (SSSR count). The van der Waals surface area contributed by atoms with E-state index in [0.717, 1.165) is 30.0 Å². The van der Waals surface area contributed by atoms with Crippen molar-refractivity contribution in [3.05, 3.63) is 16.1 Å². The molecule has 4 nitrogen and oxygen atoms in total. The first-order valence-electron chi connectivity index (χ1n) is 6.52. The first kappa shape index (κ1) is 18.4. The molecular formula is C13H24ClN3OS. The van der Waals surface area contributed by atoms with Crippen molar-refractivity contribution in [2.45, 2.75) is 52.0 Å². The van der Waals surface area contributed by atoms with Crippen LogP contribution in [0.2, 0.25) is 0 Å². The van der Waals surface area contributed by atoms with Crippen molar-refractivity contribution in [1.29, 1.82) is 0 Å². The van der Waals surface area contributed by atoms with Crippen LogP contribution in [0.4, 0.5) is 0 Å². The van der Waals surface area contributed by atoms with Crippen molar-refractivity contribution >= 4 is 29.7 Å². The second-order valence-electron chi connectivity index (χ2n) is 4.77. The second kappa shape index (κ2) is 9.28. The molecule has 3 N–H and O–H groups in total. The molecule has 0 aromatic carbocycles. The van der Waals surface area contributed by atoms with Crippen molar-refractivity contribution < 1.29 is 4.79 Å². The SMILES string of the molecule is CCCC(N)C(=O)NCCc1csc(C(C)C)n1.Cl. The fourth-order valence-corrected chi connectivity index (χ4v) is 2.46. The molecule has 1 heterocycles. The third kappa shape index (κ3) is 6.36. The van der Waals surface area contributed by atoms with Crippen LogP contribution < -0.4 is 11.1 Å². The van der Waals surface area contributed by atoms with Crippen molar-refractivity contribution in [1.82, 2.24) is 10.3 Å². The molecule has 110 valence electrons. The summed E-state index contributed by atoms with van der Waals surface area (Å²) in [7, 11) is 0. The lowest BCUT2D eigenvalue weighted by Crippen LogP contribution is -2.41. The normalized spacial score (nSPS) is 12.1. The highest BCUT2D eigenvalue weighted by Gasteiger charge is 2.11. The molecule has 0 radical (unpaired) electrons. The molecule has 19 heavy (non-hydrogen) atoms. The highest BCUT2D eigenvalue weighted by Crippen LogP contribution is 2.19. The molecule has 0 bridgehead atoms. The van der Waals surface area contributed by atoms with Crippen LogP contribution in [-0.4, -0.2) is 23.5 Å². The summed E-state index contributed by atoms with van der Waals surface area (Å²) < 4.78 is 0. The van der Waals surface area contributed by atoms with E-state index in [1.807, 2.05) is 6.92 Å². The van der Waals surface area contributed by atoms with Crippen LogP contribution in [0.5, 0.6) is 0 Å². The van der Waals surface area contributed by atoms with Gasteiger partial charge in [-0.1, -0.05) is 27.2 Å². The van der Waals surface area contributed by atoms with Crippen molar-refractivity contribution in [2.75, 3.05) is 6.54 Å². The number of hydrogen-bond acceptors (Lipinski definition) is 4. The Labute approximate surface area is 125 Å². The van der Waals surface area contributed by atoms with Crippen molar-refractivity contribution in [2.24, 2.45) is 5.73 Å². The van der Waals surface area contributed by atoms with Crippen LogP contribution in [-0.2, 0) is 11.2 Å². The zero-order chi connectivity index (χ0) is 13.5. The second-order valence-corrected chi connectivity index (χ2v) is 5.66. The molecule has 0 fully saturated rings. The van der Waals surface area contributed by atoms with Gasteiger partial charge in [0.15, 0.2) is 0 Å². The molecule has 1 aromatic rings.